The van der Waals surface area contributed by atoms with Gasteiger partial charge in [0.2, 0.25) is 0 Å². The molecule has 0 aliphatic carbocycles. The van der Waals surface area contributed by atoms with Crippen molar-refractivity contribution in [2.24, 2.45) is 0 Å². The van der Waals surface area contributed by atoms with Gasteiger partial charge in [0, 0.05) is 25.3 Å². The third-order valence-electron chi connectivity index (χ3n) is 3.52. The number of hydrogen-bond acceptors (Lipinski definition) is 2. The van der Waals surface area contributed by atoms with Crippen molar-refractivity contribution >= 4 is 11.7 Å². The molecule has 0 saturated carbocycles. The van der Waals surface area contributed by atoms with Crippen LogP contribution in [-0.4, -0.2) is 30.6 Å². The van der Waals surface area contributed by atoms with Gasteiger partial charge in [-0.2, -0.15) is 0 Å². The Hall–Kier alpha value is -1.71. The number of carbonyl (C=O) groups excluding carboxylic acids is 1. The maximum Gasteiger partial charge on any atom is 0.317 e. The smallest absolute Gasteiger partial charge is 0.317 e. The van der Waals surface area contributed by atoms with E-state index >= 15 is 0 Å². The van der Waals surface area contributed by atoms with Gasteiger partial charge in [-0.05, 0) is 43.4 Å². The summed E-state index contributed by atoms with van der Waals surface area (Å²) >= 11 is 0. The molecule has 0 spiro atoms. The Labute approximate surface area is 108 Å². The quantitative estimate of drug-likeness (QED) is 0.787. The Morgan fingerprint density at radius 3 is 2.50 bits per heavy atom. The molecule has 0 radical (unpaired) electrons. The van der Waals surface area contributed by atoms with E-state index in [1.54, 1.807) is 0 Å². The Morgan fingerprint density at radius 1 is 1.33 bits per heavy atom. The summed E-state index contributed by atoms with van der Waals surface area (Å²) in [6.07, 6.45) is 2.06. The van der Waals surface area contributed by atoms with Gasteiger partial charge in [-0.1, -0.05) is 12.1 Å². The average molecular weight is 247 g/mol. The molecule has 1 aromatic rings. The van der Waals surface area contributed by atoms with E-state index in [2.05, 4.69) is 17.4 Å². The Morgan fingerprint density at radius 2 is 1.94 bits per heavy atom. The predicted molar refractivity (Wildman–Crippen MR) is 73.5 cm³/mol. The van der Waals surface area contributed by atoms with Crippen LogP contribution >= 0.6 is 0 Å². The van der Waals surface area contributed by atoms with Gasteiger partial charge in [0.25, 0.3) is 0 Å². The van der Waals surface area contributed by atoms with Gasteiger partial charge in [-0.15, -0.1) is 0 Å². The van der Waals surface area contributed by atoms with Crippen molar-refractivity contribution in [1.29, 1.82) is 0 Å². The number of benzene rings is 1. The molecule has 98 valence electrons. The van der Waals surface area contributed by atoms with Crippen LogP contribution in [0.25, 0.3) is 0 Å². The molecule has 0 aromatic heterocycles. The lowest BCUT2D eigenvalue weighted by atomic mass is 9.89. The fourth-order valence-electron chi connectivity index (χ4n) is 2.45. The maximum absolute atomic E-state index is 11.7. The molecule has 0 bridgehead atoms. The molecule has 0 atom stereocenters. The monoisotopic (exact) mass is 247 g/mol. The molecule has 1 heterocycles. The molecular formula is C14H21N3O. The first-order chi connectivity index (χ1) is 8.70. The zero-order valence-corrected chi connectivity index (χ0v) is 10.9. The van der Waals surface area contributed by atoms with E-state index in [0.29, 0.717) is 12.5 Å². The molecular weight excluding hydrogens is 226 g/mol. The number of rotatable bonds is 2. The van der Waals surface area contributed by atoms with Crippen LogP contribution in [-0.2, 0) is 0 Å². The van der Waals surface area contributed by atoms with Crippen LogP contribution in [0.2, 0.25) is 0 Å². The zero-order valence-electron chi connectivity index (χ0n) is 10.9. The predicted octanol–water partition coefficient (Wildman–Crippen LogP) is 2.18. The van der Waals surface area contributed by atoms with Crippen molar-refractivity contribution in [3.63, 3.8) is 0 Å². The maximum atomic E-state index is 11.7. The summed E-state index contributed by atoms with van der Waals surface area (Å²) in [4.78, 5) is 13.6. The molecule has 1 saturated heterocycles. The number of nitrogens with one attached hydrogen (secondary N) is 1. The van der Waals surface area contributed by atoms with E-state index in [9.17, 15) is 4.79 Å². The van der Waals surface area contributed by atoms with Crippen LogP contribution in [0.1, 0.15) is 31.2 Å². The van der Waals surface area contributed by atoms with Crippen LogP contribution in [0.3, 0.4) is 0 Å². The highest BCUT2D eigenvalue weighted by Gasteiger charge is 2.23. The molecule has 2 rings (SSSR count). The number of hydrogen-bond donors (Lipinski definition) is 2. The van der Waals surface area contributed by atoms with Gasteiger partial charge in [0.05, 0.1) is 0 Å². The van der Waals surface area contributed by atoms with Crippen molar-refractivity contribution in [2.45, 2.75) is 25.7 Å². The number of nitrogen functional groups attached to an aromatic ring is 1. The van der Waals surface area contributed by atoms with Gasteiger partial charge in [-0.3, -0.25) is 0 Å². The average Bonchev–Trinajstić information content (AvgIpc) is 2.40. The van der Waals surface area contributed by atoms with Crippen LogP contribution in [0.15, 0.2) is 24.3 Å². The topological polar surface area (TPSA) is 58.4 Å². The molecule has 2 amide bonds. The van der Waals surface area contributed by atoms with Crippen molar-refractivity contribution in [1.82, 2.24) is 10.2 Å². The molecule has 18 heavy (non-hydrogen) atoms. The molecule has 1 aromatic carbocycles. The molecule has 3 N–H and O–H groups in total. The number of likely N-dealkylation sites (tertiary alicyclic amines) is 1. The summed E-state index contributed by atoms with van der Waals surface area (Å²) in [5.41, 5.74) is 7.83. The Kier molecular flexibility index (Phi) is 4.07. The highest BCUT2D eigenvalue weighted by Crippen LogP contribution is 2.28. The van der Waals surface area contributed by atoms with Crippen LogP contribution in [0.4, 0.5) is 10.5 Å². The lowest BCUT2D eigenvalue weighted by Gasteiger charge is -2.32. The second kappa shape index (κ2) is 5.76. The summed E-state index contributed by atoms with van der Waals surface area (Å²) < 4.78 is 0. The molecule has 1 fully saturated rings. The normalized spacial score (nSPS) is 16.6. The number of carbonyl (C=O) groups is 1. The van der Waals surface area contributed by atoms with Crippen LogP contribution in [0, 0.1) is 0 Å². The van der Waals surface area contributed by atoms with Crippen LogP contribution in [0.5, 0.6) is 0 Å². The number of amides is 2. The number of nitrogens with two attached hydrogens (primary N) is 1. The van der Waals surface area contributed by atoms with Gasteiger partial charge in [0.1, 0.15) is 0 Å². The van der Waals surface area contributed by atoms with Gasteiger partial charge in [-0.25, -0.2) is 4.79 Å². The Balaban J connectivity index is 1.90. The van der Waals surface area contributed by atoms with Gasteiger partial charge >= 0.3 is 6.03 Å². The van der Waals surface area contributed by atoms with Crippen LogP contribution < -0.4 is 11.1 Å². The fraction of sp³-hybridized carbons (Fsp3) is 0.500. The minimum atomic E-state index is 0.0632. The van der Waals surface area contributed by atoms with Crippen molar-refractivity contribution < 1.29 is 4.79 Å². The van der Waals surface area contributed by atoms with E-state index < -0.39 is 0 Å². The standard InChI is InChI=1S/C14H21N3O/c1-2-16-14(18)17-9-7-12(8-10-17)11-3-5-13(15)6-4-11/h3-6,12H,2,7-10,15H2,1H3,(H,16,18). The summed E-state index contributed by atoms with van der Waals surface area (Å²) in [7, 11) is 0. The van der Waals surface area contributed by atoms with E-state index in [-0.39, 0.29) is 6.03 Å². The second-order valence-electron chi connectivity index (χ2n) is 4.76. The molecule has 4 heteroatoms. The number of nitrogens with zero attached hydrogens (tertiary/aromatic N) is 1. The third kappa shape index (κ3) is 2.94. The van der Waals surface area contributed by atoms with E-state index in [1.807, 2.05) is 24.0 Å². The second-order valence-corrected chi connectivity index (χ2v) is 4.76. The summed E-state index contributed by atoms with van der Waals surface area (Å²) in [5.74, 6) is 0.552. The lowest BCUT2D eigenvalue weighted by Crippen LogP contribution is -2.44. The first kappa shape index (κ1) is 12.7. The van der Waals surface area contributed by atoms with Crippen molar-refractivity contribution in [3.8, 4) is 0 Å². The third-order valence-corrected chi connectivity index (χ3v) is 3.52. The molecule has 0 unspecified atom stereocenters. The van der Waals surface area contributed by atoms with Crippen molar-refractivity contribution in [3.05, 3.63) is 29.8 Å². The number of piperidine rings is 1. The highest BCUT2D eigenvalue weighted by molar-refractivity contribution is 5.74. The zero-order chi connectivity index (χ0) is 13.0. The number of urea groups is 1. The first-order valence-electron chi connectivity index (χ1n) is 6.59. The summed E-state index contributed by atoms with van der Waals surface area (Å²) in [6.45, 7) is 4.30. The molecule has 1 aliphatic rings. The van der Waals surface area contributed by atoms with Crippen molar-refractivity contribution in [2.75, 3.05) is 25.4 Å². The van der Waals surface area contributed by atoms with E-state index in [4.69, 9.17) is 5.73 Å². The first-order valence-corrected chi connectivity index (χ1v) is 6.59. The van der Waals surface area contributed by atoms with Gasteiger partial charge < -0.3 is 16.0 Å². The van der Waals surface area contributed by atoms with Gasteiger partial charge in [0.15, 0.2) is 0 Å². The largest absolute Gasteiger partial charge is 0.399 e. The SMILES string of the molecule is CCNC(=O)N1CCC(c2ccc(N)cc2)CC1. The lowest BCUT2D eigenvalue weighted by molar-refractivity contribution is 0.182. The number of anilines is 1. The van der Waals surface area contributed by atoms with E-state index in [1.165, 1.54) is 5.56 Å². The minimum absolute atomic E-state index is 0.0632. The highest BCUT2D eigenvalue weighted by atomic mass is 16.2. The minimum Gasteiger partial charge on any atom is -0.399 e. The summed E-state index contributed by atoms with van der Waals surface area (Å²) in [5, 5.41) is 2.85. The Bertz CT molecular complexity index is 394. The summed E-state index contributed by atoms with van der Waals surface area (Å²) in [6, 6.07) is 8.16. The fourth-order valence-corrected chi connectivity index (χ4v) is 2.45. The molecule has 1 aliphatic heterocycles. The molecule has 4 nitrogen and oxygen atoms in total. The van der Waals surface area contributed by atoms with E-state index in [0.717, 1.165) is 31.6 Å².